The molecule has 2 aromatic rings. The number of hydrogen-bond acceptors (Lipinski definition) is 4. The SMILES string of the molecule is CC(NC(=O)c1ccc(N(C)C)cc1)c1ccc(S(N)(=O)=O)cc1. The molecule has 2 rings (SSSR count). The zero-order valence-electron chi connectivity index (χ0n) is 13.9. The summed E-state index contributed by atoms with van der Waals surface area (Å²) in [5.74, 6) is -0.191. The van der Waals surface area contributed by atoms with Crippen LogP contribution in [0.3, 0.4) is 0 Å². The van der Waals surface area contributed by atoms with Gasteiger partial charge >= 0.3 is 0 Å². The first-order valence-corrected chi connectivity index (χ1v) is 8.94. The van der Waals surface area contributed by atoms with Crippen LogP contribution in [-0.2, 0) is 10.0 Å². The van der Waals surface area contributed by atoms with Gasteiger partial charge in [0.25, 0.3) is 5.91 Å². The van der Waals surface area contributed by atoms with Crippen molar-refractivity contribution in [2.45, 2.75) is 17.9 Å². The Morgan fingerprint density at radius 2 is 1.58 bits per heavy atom. The van der Waals surface area contributed by atoms with Crippen molar-refractivity contribution >= 4 is 21.6 Å². The zero-order valence-corrected chi connectivity index (χ0v) is 14.7. The molecule has 2 aromatic carbocycles. The van der Waals surface area contributed by atoms with Gasteiger partial charge in [0.05, 0.1) is 10.9 Å². The molecule has 0 fully saturated rings. The monoisotopic (exact) mass is 347 g/mol. The molecule has 1 amide bonds. The van der Waals surface area contributed by atoms with E-state index < -0.39 is 10.0 Å². The third-order valence-electron chi connectivity index (χ3n) is 3.70. The summed E-state index contributed by atoms with van der Waals surface area (Å²) in [6.45, 7) is 1.83. The molecule has 1 atom stereocenters. The van der Waals surface area contributed by atoms with Crippen molar-refractivity contribution in [3.05, 3.63) is 59.7 Å². The van der Waals surface area contributed by atoms with Gasteiger partial charge in [0.1, 0.15) is 0 Å². The smallest absolute Gasteiger partial charge is 0.251 e. The lowest BCUT2D eigenvalue weighted by Crippen LogP contribution is -2.26. The first-order valence-electron chi connectivity index (χ1n) is 7.39. The molecule has 0 aliphatic rings. The van der Waals surface area contributed by atoms with Crippen molar-refractivity contribution in [3.8, 4) is 0 Å². The first-order chi connectivity index (χ1) is 11.2. The number of nitrogens with two attached hydrogens (primary N) is 1. The Balaban J connectivity index is 2.08. The maximum absolute atomic E-state index is 12.3. The Labute approximate surface area is 142 Å². The number of anilines is 1. The van der Waals surface area contributed by atoms with E-state index in [0.717, 1.165) is 11.3 Å². The Morgan fingerprint density at radius 1 is 1.04 bits per heavy atom. The summed E-state index contributed by atoms with van der Waals surface area (Å²) in [5, 5.41) is 7.96. The van der Waals surface area contributed by atoms with Crippen LogP contribution in [0.4, 0.5) is 5.69 Å². The molecule has 0 aliphatic heterocycles. The van der Waals surface area contributed by atoms with Crippen molar-refractivity contribution in [2.75, 3.05) is 19.0 Å². The topological polar surface area (TPSA) is 92.5 Å². The summed E-state index contributed by atoms with van der Waals surface area (Å²) in [4.78, 5) is 14.3. The summed E-state index contributed by atoms with van der Waals surface area (Å²) in [6, 6.07) is 13.2. The van der Waals surface area contributed by atoms with E-state index in [4.69, 9.17) is 5.14 Å². The third-order valence-corrected chi connectivity index (χ3v) is 4.63. The molecule has 0 saturated carbocycles. The summed E-state index contributed by atoms with van der Waals surface area (Å²) < 4.78 is 22.5. The van der Waals surface area contributed by atoms with E-state index in [2.05, 4.69) is 5.32 Å². The van der Waals surface area contributed by atoms with Gasteiger partial charge in [0.15, 0.2) is 0 Å². The Kier molecular flexibility index (Phi) is 5.26. The van der Waals surface area contributed by atoms with Gasteiger partial charge in [-0.15, -0.1) is 0 Å². The highest BCUT2D eigenvalue weighted by Gasteiger charge is 2.13. The molecule has 0 bridgehead atoms. The van der Waals surface area contributed by atoms with E-state index in [9.17, 15) is 13.2 Å². The average molecular weight is 347 g/mol. The summed E-state index contributed by atoms with van der Waals surface area (Å²) >= 11 is 0. The van der Waals surface area contributed by atoms with Crippen LogP contribution in [0, 0.1) is 0 Å². The van der Waals surface area contributed by atoms with Gasteiger partial charge < -0.3 is 10.2 Å². The molecular formula is C17H21N3O3S. The molecule has 3 N–H and O–H groups in total. The predicted molar refractivity (Wildman–Crippen MR) is 94.5 cm³/mol. The number of nitrogens with zero attached hydrogens (tertiary/aromatic N) is 1. The molecule has 6 nitrogen and oxygen atoms in total. The zero-order chi connectivity index (χ0) is 17.9. The highest BCUT2D eigenvalue weighted by Crippen LogP contribution is 2.17. The van der Waals surface area contributed by atoms with Gasteiger partial charge in [-0.25, -0.2) is 13.6 Å². The van der Waals surface area contributed by atoms with E-state index >= 15 is 0 Å². The first kappa shape index (κ1) is 18.0. The van der Waals surface area contributed by atoms with E-state index in [-0.39, 0.29) is 16.8 Å². The molecular weight excluding hydrogens is 326 g/mol. The number of amides is 1. The molecule has 0 aliphatic carbocycles. The highest BCUT2D eigenvalue weighted by atomic mass is 32.2. The lowest BCUT2D eigenvalue weighted by Gasteiger charge is -2.16. The summed E-state index contributed by atoms with van der Waals surface area (Å²) in [5.41, 5.74) is 2.37. The average Bonchev–Trinajstić information content (AvgIpc) is 2.54. The fraction of sp³-hybridized carbons (Fsp3) is 0.235. The minimum atomic E-state index is -3.71. The minimum Gasteiger partial charge on any atom is -0.378 e. The minimum absolute atomic E-state index is 0.0454. The quantitative estimate of drug-likeness (QED) is 0.864. The van der Waals surface area contributed by atoms with Crippen LogP contribution in [0.15, 0.2) is 53.4 Å². The molecule has 0 saturated heterocycles. The number of hydrogen-bond donors (Lipinski definition) is 2. The van der Waals surface area contributed by atoms with Crippen molar-refractivity contribution in [1.82, 2.24) is 5.32 Å². The number of primary sulfonamides is 1. The van der Waals surface area contributed by atoms with Crippen LogP contribution in [0.5, 0.6) is 0 Å². The van der Waals surface area contributed by atoms with Crippen molar-refractivity contribution < 1.29 is 13.2 Å². The van der Waals surface area contributed by atoms with Crippen LogP contribution in [0.1, 0.15) is 28.9 Å². The molecule has 24 heavy (non-hydrogen) atoms. The number of sulfonamides is 1. The van der Waals surface area contributed by atoms with Gasteiger partial charge in [0.2, 0.25) is 10.0 Å². The van der Waals surface area contributed by atoms with E-state index in [1.807, 2.05) is 38.1 Å². The fourth-order valence-electron chi connectivity index (χ4n) is 2.22. The predicted octanol–water partition coefficient (Wildman–Crippen LogP) is 1.89. The lowest BCUT2D eigenvalue weighted by atomic mass is 10.1. The largest absolute Gasteiger partial charge is 0.378 e. The third kappa shape index (κ3) is 4.33. The van der Waals surface area contributed by atoms with Crippen LogP contribution in [0.25, 0.3) is 0 Å². The molecule has 0 heterocycles. The van der Waals surface area contributed by atoms with Gasteiger partial charge in [-0.05, 0) is 48.9 Å². The van der Waals surface area contributed by atoms with Crippen LogP contribution in [0.2, 0.25) is 0 Å². The normalized spacial score (nSPS) is 12.5. The second-order valence-electron chi connectivity index (χ2n) is 5.75. The Morgan fingerprint density at radius 3 is 2.04 bits per heavy atom. The van der Waals surface area contributed by atoms with Crippen molar-refractivity contribution in [1.29, 1.82) is 0 Å². The summed E-state index contributed by atoms with van der Waals surface area (Å²) in [7, 11) is 0.152. The maximum Gasteiger partial charge on any atom is 0.251 e. The number of rotatable bonds is 5. The van der Waals surface area contributed by atoms with Crippen LogP contribution < -0.4 is 15.4 Å². The number of carbonyl (C=O) groups excluding carboxylic acids is 1. The van der Waals surface area contributed by atoms with Crippen molar-refractivity contribution in [3.63, 3.8) is 0 Å². The van der Waals surface area contributed by atoms with Crippen LogP contribution in [-0.4, -0.2) is 28.4 Å². The molecule has 1 unspecified atom stereocenters. The molecule has 128 valence electrons. The van der Waals surface area contributed by atoms with E-state index in [1.54, 1.807) is 24.3 Å². The second kappa shape index (κ2) is 7.02. The second-order valence-corrected chi connectivity index (χ2v) is 7.31. The number of benzene rings is 2. The molecule has 0 spiro atoms. The van der Waals surface area contributed by atoms with Crippen molar-refractivity contribution in [2.24, 2.45) is 5.14 Å². The van der Waals surface area contributed by atoms with E-state index in [0.29, 0.717) is 5.56 Å². The summed E-state index contributed by atoms with van der Waals surface area (Å²) in [6.07, 6.45) is 0. The fourth-order valence-corrected chi connectivity index (χ4v) is 2.74. The van der Waals surface area contributed by atoms with Gasteiger partial charge in [-0.2, -0.15) is 0 Å². The highest BCUT2D eigenvalue weighted by molar-refractivity contribution is 7.89. The van der Waals surface area contributed by atoms with Gasteiger partial charge in [-0.3, -0.25) is 4.79 Å². The molecule has 7 heteroatoms. The van der Waals surface area contributed by atoms with E-state index in [1.165, 1.54) is 12.1 Å². The maximum atomic E-state index is 12.3. The van der Waals surface area contributed by atoms with Crippen LogP contribution >= 0.6 is 0 Å². The lowest BCUT2D eigenvalue weighted by molar-refractivity contribution is 0.0940. The van der Waals surface area contributed by atoms with Gasteiger partial charge in [-0.1, -0.05) is 12.1 Å². The number of nitrogens with one attached hydrogen (secondary N) is 1. The Hall–Kier alpha value is -2.38. The number of carbonyl (C=O) groups is 1. The molecule has 0 aromatic heterocycles. The molecule has 0 radical (unpaired) electrons. The van der Waals surface area contributed by atoms with Gasteiger partial charge in [0, 0.05) is 25.3 Å². The Bertz CT molecular complexity index is 813. The standard InChI is InChI=1S/C17H21N3O3S/c1-12(13-6-10-16(11-7-13)24(18,22)23)19-17(21)14-4-8-15(9-5-14)20(2)3/h4-12H,1-3H3,(H,19,21)(H2,18,22,23).